The van der Waals surface area contributed by atoms with Gasteiger partial charge in [-0.1, -0.05) is 6.07 Å². The van der Waals surface area contributed by atoms with Gasteiger partial charge < -0.3 is 5.32 Å². The van der Waals surface area contributed by atoms with Crippen LogP contribution in [-0.4, -0.2) is 0 Å². The van der Waals surface area contributed by atoms with Crippen molar-refractivity contribution < 1.29 is 4.39 Å². The number of thiophene rings is 1. The maximum absolute atomic E-state index is 13.0. The van der Waals surface area contributed by atoms with Gasteiger partial charge in [-0.15, -0.1) is 0 Å². The summed E-state index contributed by atoms with van der Waals surface area (Å²) in [5.41, 5.74) is 3.73. The molecular weight excluding hydrogens is 301 g/mol. The van der Waals surface area contributed by atoms with Crippen molar-refractivity contribution in [2.75, 3.05) is 0 Å². The first-order chi connectivity index (χ1) is 8.16. The SMILES string of the molecule is Cc1cscc1CNCc1ccc(F)c(Br)c1. The maximum atomic E-state index is 13.0. The van der Waals surface area contributed by atoms with E-state index in [1.807, 2.05) is 6.07 Å². The number of benzene rings is 1. The molecule has 90 valence electrons. The van der Waals surface area contributed by atoms with Crippen molar-refractivity contribution in [3.05, 3.63) is 55.9 Å². The molecule has 1 nitrogen and oxygen atoms in total. The van der Waals surface area contributed by atoms with Gasteiger partial charge in [0.05, 0.1) is 4.47 Å². The van der Waals surface area contributed by atoms with E-state index in [1.54, 1.807) is 17.4 Å². The van der Waals surface area contributed by atoms with Gasteiger partial charge in [0.15, 0.2) is 0 Å². The Labute approximate surface area is 113 Å². The predicted molar refractivity (Wildman–Crippen MR) is 73.7 cm³/mol. The third kappa shape index (κ3) is 3.37. The quantitative estimate of drug-likeness (QED) is 0.890. The van der Waals surface area contributed by atoms with Gasteiger partial charge in [-0.2, -0.15) is 11.3 Å². The van der Waals surface area contributed by atoms with Gasteiger partial charge in [-0.05, 0) is 62.4 Å². The lowest BCUT2D eigenvalue weighted by Crippen LogP contribution is -2.12. The topological polar surface area (TPSA) is 12.0 Å². The summed E-state index contributed by atoms with van der Waals surface area (Å²) in [7, 11) is 0. The number of hydrogen-bond acceptors (Lipinski definition) is 2. The summed E-state index contributed by atoms with van der Waals surface area (Å²) in [6.07, 6.45) is 0. The lowest BCUT2D eigenvalue weighted by atomic mass is 10.2. The van der Waals surface area contributed by atoms with Crippen molar-refractivity contribution in [1.82, 2.24) is 5.32 Å². The molecule has 1 N–H and O–H groups in total. The first-order valence-electron chi connectivity index (χ1n) is 5.33. The van der Waals surface area contributed by atoms with Crippen LogP contribution in [0.2, 0.25) is 0 Å². The molecule has 0 aliphatic carbocycles. The highest BCUT2D eigenvalue weighted by Gasteiger charge is 2.01. The van der Waals surface area contributed by atoms with Crippen molar-refractivity contribution in [2.24, 2.45) is 0 Å². The molecule has 0 spiro atoms. The minimum atomic E-state index is -0.220. The number of halogens is 2. The van der Waals surface area contributed by atoms with Gasteiger partial charge >= 0.3 is 0 Å². The normalized spacial score (nSPS) is 10.8. The molecule has 2 aromatic rings. The van der Waals surface area contributed by atoms with E-state index in [1.165, 1.54) is 17.2 Å². The summed E-state index contributed by atoms with van der Waals surface area (Å²) >= 11 is 4.91. The molecule has 1 aromatic heterocycles. The third-order valence-corrected chi connectivity index (χ3v) is 4.11. The van der Waals surface area contributed by atoms with Crippen LogP contribution in [0.15, 0.2) is 33.4 Å². The van der Waals surface area contributed by atoms with Crippen LogP contribution in [0.1, 0.15) is 16.7 Å². The van der Waals surface area contributed by atoms with E-state index in [-0.39, 0.29) is 5.82 Å². The van der Waals surface area contributed by atoms with Crippen LogP contribution in [-0.2, 0) is 13.1 Å². The molecule has 17 heavy (non-hydrogen) atoms. The molecule has 1 aromatic carbocycles. The van der Waals surface area contributed by atoms with Crippen LogP contribution in [0.5, 0.6) is 0 Å². The fourth-order valence-electron chi connectivity index (χ4n) is 1.56. The Morgan fingerprint density at radius 1 is 1.29 bits per heavy atom. The summed E-state index contributed by atoms with van der Waals surface area (Å²) in [6.45, 7) is 3.71. The van der Waals surface area contributed by atoms with Gasteiger partial charge in [-0.25, -0.2) is 4.39 Å². The van der Waals surface area contributed by atoms with Gasteiger partial charge in [0.2, 0.25) is 0 Å². The van der Waals surface area contributed by atoms with Crippen LogP contribution >= 0.6 is 27.3 Å². The van der Waals surface area contributed by atoms with Crippen LogP contribution in [0.25, 0.3) is 0 Å². The minimum Gasteiger partial charge on any atom is -0.309 e. The van der Waals surface area contributed by atoms with E-state index in [0.29, 0.717) is 4.47 Å². The molecule has 0 unspecified atom stereocenters. The van der Waals surface area contributed by atoms with E-state index in [0.717, 1.165) is 18.7 Å². The van der Waals surface area contributed by atoms with Crippen LogP contribution in [0, 0.1) is 12.7 Å². The van der Waals surface area contributed by atoms with Crippen LogP contribution in [0.4, 0.5) is 4.39 Å². The average Bonchev–Trinajstić information content (AvgIpc) is 2.70. The van der Waals surface area contributed by atoms with Gasteiger partial charge in [-0.3, -0.25) is 0 Å². The predicted octanol–water partition coefficient (Wildman–Crippen LogP) is 4.25. The van der Waals surface area contributed by atoms with Crippen molar-refractivity contribution >= 4 is 27.3 Å². The summed E-state index contributed by atoms with van der Waals surface area (Å²) in [5.74, 6) is -0.220. The maximum Gasteiger partial charge on any atom is 0.137 e. The Morgan fingerprint density at radius 3 is 2.76 bits per heavy atom. The molecule has 0 radical (unpaired) electrons. The molecule has 0 aliphatic rings. The largest absolute Gasteiger partial charge is 0.309 e. The van der Waals surface area contributed by atoms with Crippen molar-refractivity contribution in [3.8, 4) is 0 Å². The Balaban J connectivity index is 1.90. The molecule has 0 saturated heterocycles. The zero-order chi connectivity index (χ0) is 12.3. The monoisotopic (exact) mass is 313 g/mol. The fourth-order valence-corrected chi connectivity index (χ4v) is 2.84. The van der Waals surface area contributed by atoms with Crippen LogP contribution in [0.3, 0.4) is 0 Å². The molecular formula is C13H13BrFNS. The summed E-state index contributed by atoms with van der Waals surface area (Å²) < 4.78 is 13.5. The number of aryl methyl sites for hydroxylation is 1. The Kier molecular flexibility index (Phi) is 4.31. The Morgan fingerprint density at radius 2 is 2.12 bits per heavy atom. The molecule has 0 saturated carbocycles. The first-order valence-corrected chi connectivity index (χ1v) is 7.06. The Hall–Kier alpha value is -0.710. The zero-order valence-corrected chi connectivity index (χ0v) is 11.9. The summed E-state index contributed by atoms with van der Waals surface area (Å²) in [4.78, 5) is 0. The molecule has 2 rings (SSSR count). The minimum absolute atomic E-state index is 0.220. The number of rotatable bonds is 4. The van der Waals surface area contributed by atoms with Gasteiger partial charge in [0.1, 0.15) is 5.82 Å². The van der Waals surface area contributed by atoms with E-state index in [4.69, 9.17) is 0 Å². The van der Waals surface area contributed by atoms with E-state index in [9.17, 15) is 4.39 Å². The molecule has 1 heterocycles. The molecule has 0 fully saturated rings. The lowest BCUT2D eigenvalue weighted by Gasteiger charge is -2.05. The van der Waals surface area contributed by atoms with Crippen LogP contribution < -0.4 is 5.32 Å². The second-order valence-corrected chi connectivity index (χ2v) is 5.53. The van der Waals surface area contributed by atoms with Gasteiger partial charge in [0.25, 0.3) is 0 Å². The standard InChI is InChI=1S/C13H13BrFNS/c1-9-7-17-8-11(9)6-16-5-10-2-3-13(15)12(14)4-10/h2-4,7-8,16H,5-6H2,1H3. The highest BCUT2D eigenvalue weighted by Crippen LogP contribution is 2.17. The van der Waals surface area contributed by atoms with Gasteiger partial charge in [0, 0.05) is 13.1 Å². The second kappa shape index (κ2) is 5.76. The van der Waals surface area contributed by atoms with Crippen molar-refractivity contribution in [1.29, 1.82) is 0 Å². The van der Waals surface area contributed by atoms with Crippen molar-refractivity contribution in [3.63, 3.8) is 0 Å². The molecule has 0 amide bonds. The third-order valence-electron chi connectivity index (χ3n) is 2.59. The number of nitrogens with one attached hydrogen (secondary N) is 1. The smallest absolute Gasteiger partial charge is 0.137 e. The zero-order valence-electron chi connectivity index (χ0n) is 9.47. The summed E-state index contributed by atoms with van der Waals surface area (Å²) in [5, 5.41) is 7.65. The molecule has 4 heteroatoms. The lowest BCUT2D eigenvalue weighted by molar-refractivity contribution is 0.618. The van der Waals surface area contributed by atoms with Crippen molar-refractivity contribution in [2.45, 2.75) is 20.0 Å². The fraction of sp³-hybridized carbons (Fsp3) is 0.231. The average molecular weight is 314 g/mol. The number of hydrogen-bond donors (Lipinski definition) is 1. The highest BCUT2D eigenvalue weighted by atomic mass is 79.9. The molecule has 0 aliphatic heterocycles. The Bertz CT molecular complexity index is 510. The van der Waals surface area contributed by atoms with E-state index in [2.05, 4.69) is 38.9 Å². The molecule has 0 bridgehead atoms. The van der Waals surface area contributed by atoms with E-state index >= 15 is 0 Å². The van der Waals surface area contributed by atoms with E-state index < -0.39 is 0 Å². The molecule has 0 atom stereocenters. The highest BCUT2D eigenvalue weighted by molar-refractivity contribution is 9.10. The summed E-state index contributed by atoms with van der Waals surface area (Å²) in [6, 6.07) is 5.09. The first kappa shape index (κ1) is 12.7. The second-order valence-electron chi connectivity index (χ2n) is 3.93.